The van der Waals surface area contributed by atoms with E-state index in [2.05, 4.69) is 26.2 Å². The number of imide groups is 2. The van der Waals surface area contributed by atoms with Gasteiger partial charge in [-0.3, -0.25) is 29.0 Å². The average Bonchev–Trinajstić information content (AvgIpc) is 3.42. The van der Waals surface area contributed by atoms with E-state index in [0.29, 0.717) is 22.6 Å². The number of rotatable bonds is 6. The van der Waals surface area contributed by atoms with Crippen LogP contribution in [-0.4, -0.2) is 62.9 Å². The minimum absolute atomic E-state index is 0.152. The number of halogens is 4. The van der Waals surface area contributed by atoms with Gasteiger partial charge in [-0.05, 0) is 85.5 Å². The molecule has 2 saturated heterocycles. The van der Waals surface area contributed by atoms with E-state index >= 15 is 0 Å². The van der Waals surface area contributed by atoms with Crippen LogP contribution in [0.5, 0.6) is 5.75 Å². The van der Waals surface area contributed by atoms with Crippen LogP contribution in [0.1, 0.15) is 24.3 Å². The van der Waals surface area contributed by atoms with Gasteiger partial charge >= 0.3 is 0 Å². The number of phenols is 1. The quantitative estimate of drug-likeness (QED) is 0.0912. The predicted molar refractivity (Wildman–Crippen MR) is 190 cm³/mol. The standard InChI is InChI=1S/C35H29BrCl3N5O5/c1-42(2)21-8-4-19(5-9-21)40-41-20-6-10-22(11-7-20)44-30(46)24-13-12-23-26(28(24)31(44)47)16-34(38)32(48)43(17-36)33(49)35(34,39)29(23)25-15-18(37)3-14-27(25)45/h3-12,14-15,24,26,28-29,45H,13,16-17H2,1-2H3/t24-,26+,28-,29+,34+,35-/m0/s1. The van der Waals surface area contributed by atoms with Crippen molar-refractivity contribution in [2.75, 3.05) is 29.3 Å². The van der Waals surface area contributed by atoms with Crippen molar-refractivity contribution in [2.45, 2.75) is 28.5 Å². The van der Waals surface area contributed by atoms with E-state index < -0.39 is 51.1 Å². The third-order valence-electron chi connectivity index (χ3n) is 10.1. The molecule has 7 rings (SSSR count). The number of nitrogens with zero attached hydrogens (tertiary/aromatic N) is 5. The zero-order chi connectivity index (χ0) is 35.0. The molecule has 3 aromatic carbocycles. The summed E-state index contributed by atoms with van der Waals surface area (Å²) in [6.45, 7) is 0. The molecule has 14 heteroatoms. The highest BCUT2D eigenvalue weighted by atomic mass is 79.9. The van der Waals surface area contributed by atoms with Crippen molar-refractivity contribution in [3.05, 3.63) is 89.0 Å². The molecule has 4 amide bonds. The highest BCUT2D eigenvalue weighted by Gasteiger charge is 2.76. The Balaban J connectivity index is 1.23. The van der Waals surface area contributed by atoms with Gasteiger partial charge in [-0.15, -0.1) is 23.2 Å². The van der Waals surface area contributed by atoms with Crippen molar-refractivity contribution < 1.29 is 24.3 Å². The second-order valence-corrected chi connectivity index (χ2v) is 15.0. The second-order valence-electron chi connectivity index (χ2n) is 12.8. The lowest BCUT2D eigenvalue weighted by atomic mass is 9.56. The summed E-state index contributed by atoms with van der Waals surface area (Å²) < 4.78 is 0. The van der Waals surface area contributed by atoms with E-state index in [1.165, 1.54) is 18.2 Å². The van der Waals surface area contributed by atoms with Crippen molar-refractivity contribution in [1.29, 1.82) is 0 Å². The van der Waals surface area contributed by atoms with Crippen LogP contribution in [0.25, 0.3) is 0 Å². The van der Waals surface area contributed by atoms with Crippen molar-refractivity contribution in [3.8, 4) is 5.75 Å². The van der Waals surface area contributed by atoms with Crippen LogP contribution < -0.4 is 9.80 Å². The van der Waals surface area contributed by atoms with Crippen molar-refractivity contribution >= 4 is 97.1 Å². The highest BCUT2D eigenvalue weighted by molar-refractivity contribution is 9.09. The molecule has 1 saturated carbocycles. The third-order valence-corrected chi connectivity index (χ3v) is 12.2. The number of hydrogen-bond donors (Lipinski definition) is 1. The Bertz CT molecular complexity index is 1970. The van der Waals surface area contributed by atoms with Crippen LogP contribution in [-0.2, 0) is 19.2 Å². The Morgan fingerprint density at radius 3 is 2.14 bits per heavy atom. The summed E-state index contributed by atoms with van der Waals surface area (Å²) in [6, 6.07) is 18.5. The number of azo groups is 1. The molecule has 0 radical (unpaired) electrons. The van der Waals surface area contributed by atoms with E-state index in [-0.39, 0.29) is 40.5 Å². The number of likely N-dealkylation sites (tertiary alicyclic amines) is 1. The minimum atomic E-state index is -2.04. The molecular formula is C35H29BrCl3N5O5. The van der Waals surface area contributed by atoms with Crippen LogP contribution in [0.15, 0.2) is 88.6 Å². The molecular weight excluding hydrogens is 757 g/mol. The van der Waals surface area contributed by atoms with Crippen LogP contribution in [0, 0.1) is 17.8 Å². The van der Waals surface area contributed by atoms with Gasteiger partial charge in [0, 0.05) is 36.3 Å². The first-order chi connectivity index (χ1) is 23.3. The largest absolute Gasteiger partial charge is 0.508 e. The summed E-state index contributed by atoms with van der Waals surface area (Å²) in [4.78, 5) is 56.0. The van der Waals surface area contributed by atoms with E-state index in [1.807, 2.05) is 43.3 Å². The number of amides is 4. The van der Waals surface area contributed by atoms with Gasteiger partial charge in [0.05, 0.1) is 34.4 Å². The lowest BCUT2D eigenvalue weighted by Gasteiger charge is -2.50. The topological polar surface area (TPSA) is 123 Å². The maximum atomic E-state index is 14.3. The Labute approximate surface area is 305 Å². The molecule has 10 nitrogen and oxygen atoms in total. The fraction of sp³-hybridized carbons (Fsp3) is 0.314. The van der Waals surface area contributed by atoms with Gasteiger partial charge in [0.15, 0.2) is 9.75 Å². The monoisotopic (exact) mass is 783 g/mol. The fourth-order valence-corrected chi connectivity index (χ4v) is 9.31. The van der Waals surface area contributed by atoms with Gasteiger partial charge in [0.25, 0.3) is 11.8 Å². The van der Waals surface area contributed by atoms with Gasteiger partial charge in [-0.2, -0.15) is 10.2 Å². The zero-order valence-electron chi connectivity index (χ0n) is 26.2. The molecule has 2 aliphatic carbocycles. The second kappa shape index (κ2) is 12.2. The minimum Gasteiger partial charge on any atom is -0.508 e. The van der Waals surface area contributed by atoms with Crippen LogP contribution in [0.2, 0.25) is 5.02 Å². The van der Waals surface area contributed by atoms with E-state index in [1.54, 1.807) is 30.3 Å². The molecule has 2 aliphatic heterocycles. The van der Waals surface area contributed by atoms with E-state index in [4.69, 9.17) is 34.8 Å². The Morgan fingerprint density at radius 2 is 1.53 bits per heavy atom. The summed E-state index contributed by atoms with van der Waals surface area (Å²) in [5, 5.41) is 19.9. The lowest BCUT2D eigenvalue weighted by Crippen LogP contribution is -2.60. The number of carbonyl (C=O) groups is 4. The first-order valence-electron chi connectivity index (χ1n) is 15.5. The number of benzene rings is 3. The molecule has 0 unspecified atom stereocenters. The molecule has 252 valence electrons. The van der Waals surface area contributed by atoms with Crippen LogP contribution in [0.4, 0.5) is 22.7 Å². The fourth-order valence-electron chi connectivity index (χ4n) is 7.71. The van der Waals surface area contributed by atoms with Crippen molar-refractivity contribution in [1.82, 2.24) is 4.90 Å². The van der Waals surface area contributed by atoms with Gasteiger partial charge < -0.3 is 10.0 Å². The number of alkyl halides is 3. The van der Waals surface area contributed by atoms with Gasteiger partial charge in [-0.25, -0.2) is 0 Å². The number of allylic oxidation sites excluding steroid dienone is 2. The molecule has 3 fully saturated rings. The molecule has 0 aromatic heterocycles. The molecule has 4 aliphatic rings. The Morgan fingerprint density at radius 1 is 0.898 bits per heavy atom. The maximum absolute atomic E-state index is 14.3. The van der Waals surface area contributed by atoms with Crippen LogP contribution >= 0.6 is 50.7 Å². The number of anilines is 2. The molecule has 0 bridgehead atoms. The SMILES string of the molecule is CN(C)c1ccc(N=Nc2ccc(N3C(=O)[C@H]4[C@H](CC=C5[C@H]4C[C@@]4(Cl)C(=O)N(CBr)C(=O)[C@@]4(Cl)[C@H]5c4cc(Cl)ccc4O)C3=O)cc2)cc1. The smallest absolute Gasteiger partial charge is 0.254 e. The van der Waals surface area contributed by atoms with Crippen LogP contribution in [0.3, 0.4) is 0 Å². The number of phenolic OH excluding ortho intramolecular Hbond substituents is 1. The van der Waals surface area contributed by atoms with E-state index in [9.17, 15) is 24.3 Å². The third kappa shape index (κ3) is 5.03. The molecule has 6 atom stereocenters. The zero-order valence-corrected chi connectivity index (χ0v) is 30.0. The van der Waals surface area contributed by atoms with E-state index in [0.717, 1.165) is 15.5 Å². The normalized spacial score (nSPS) is 29.3. The number of carbonyl (C=O) groups excluding carboxylic acids is 4. The highest BCUT2D eigenvalue weighted by Crippen LogP contribution is 2.66. The molecule has 0 spiro atoms. The summed E-state index contributed by atoms with van der Waals surface area (Å²) in [5.74, 6) is -5.97. The summed E-state index contributed by atoms with van der Waals surface area (Å²) in [7, 11) is 3.90. The first-order valence-corrected chi connectivity index (χ1v) is 17.7. The summed E-state index contributed by atoms with van der Waals surface area (Å²) >= 11 is 24.0. The average molecular weight is 786 g/mol. The van der Waals surface area contributed by atoms with Gasteiger partial charge in [0.1, 0.15) is 5.75 Å². The summed E-state index contributed by atoms with van der Waals surface area (Å²) in [6.07, 6.45) is 1.81. The van der Waals surface area contributed by atoms with Gasteiger partial charge in [-0.1, -0.05) is 39.2 Å². The Hall–Kier alpha value is -3.77. The molecule has 1 N–H and O–H groups in total. The molecule has 2 heterocycles. The summed E-state index contributed by atoms with van der Waals surface area (Å²) in [5.41, 5.74) is 3.20. The number of fused-ring (bicyclic) bond motifs is 4. The maximum Gasteiger partial charge on any atom is 0.254 e. The van der Waals surface area contributed by atoms with Gasteiger partial charge in [0.2, 0.25) is 11.8 Å². The van der Waals surface area contributed by atoms with Crippen molar-refractivity contribution in [3.63, 3.8) is 0 Å². The van der Waals surface area contributed by atoms with Crippen molar-refractivity contribution in [2.24, 2.45) is 28.0 Å². The molecule has 3 aromatic rings. The predicted octanol–water partition coefficient (Wildman–Crippen LogP) is 7.44. The number of aromatic hydroxyl groups is 1. The Kier molecular flexibility index (Phi) is 8.41. The first kappa shape index (κ1) is 33.7. The number of hydrogen-bond acceptors (Lipinski definition) is 8. The lowest BCUT2D eigenvalue weighted by molar-refractivity contribution is -0.138. The molecule has 49 heavy (non-hydrogen) atoms.